The lowest BCUT2D eigenvalue weighted by Gasteiger charge is -2.07. The number of anilines is 2. The minimum Gasteiger partial charge on any atom is -0.339 e. The number of nitrogens with zero attached hydrogens (tertiary/aromatic N) is 3. The maximum absolute atomic E-state index is 6.05. The Balaban J connectivity index is 1.86. The summed E-state index contributed by atoms with van der Waals surface area (Å²) in [4.78, 5) is 14.0. The van der Waals surface area contributed by atoms with Gasteiger partial charge in [-0.05, 0) is 30.3 Å². The third-order valence-electron chi connectivity index (χ3n) is 3.21. The van der Waals surface area contributed by atoms with Crippen molar-refractivity contribution in [3.05, 3.63) is 52.9 Å². The normalized spacial score (nSPS) is 11.2. The van der Waals surface area contributed by atoms with E-state index in [-0.39, 0.29) is 0 Å². The zero-order valence-corrected chi connectivity index (χ0v) is 13.4. The fourth-order valence-corrected chi connectivity index (χ4v) is 3.55. The number of benzene rings is 1. The molecule has 0 fully saturated rings. The fraction of sp³-hybridized carbons (Fsp3) is 0. The van der Waals surface area contributed by atoms with Crippen molar-refractivity contribution in [1.29, 1.82) is 0 Å². The lowest BCUT2D eigenvalue weighted by atomic mass is 10.3. The van der Waals surface area contributed by atoms with Gasteiger partial charge in [0.2, 0.25) is 0 Å². The molecular weight excluding hydrogens is 339 g/mol. The summed E-state index contributed by atoms with van der Waals surface area (Å²) < 4.78 is 0.960. The molecule has 0 saturated carbocycles. The summed E-state index contributed by atoms with van der Waals surface area (Å²) in [5.41, 5.74) is 1.71. The van der Waals surface area contributed by atoms with Gasteiger partial charge in [-0.3, -0.25) is 0 Å². The Kier molecular flexibility index (Phi) is 3.33. The lowest BCUT2D eigenvalue weighted by molar-refractivity contribution is 1.23. The molecule has 0 aliphatic rings. The van der Waals surface area contributed by atoms with Crippen LogP contribution in [0.4, 0.5) is 11.5 Å². The van der Waals surface area contributed by atoms with Gasteiger partial charge < -0.3 is 5.32 Å². The number of hydrogen-bond acceptors (Lipinski definition) is 5. The minimum absolute atomic E-state index is 0.495. The molecule has 0 atom stereocenters. The van der Waals surface area contributed by atoms with E-state index in [4.69, 9.17) is 23.2 Å². The molecule has 0 spiro atoms. The number of rotatable bonds is 2. The molecule has 0 aliphatic carbocycles. The zero-order chi connectivity index (χ0) is 15.1. The van der Waals surface area contributed by atoms with Crippen molar-refractivity contribution in [3.8, 4) is 0 Å². The number of hydrogen-bond donors (Lipinski definition) is 1. The third-order valence-corrected chi connectivity index (χ3v) is 5.06. The largest absolute Gasteiger partial charge is 0.339 e. The number of fused-ring (bicyclic) bond motifs is 3. The first-order valence-corrected chi connectivity index (χ1v) is 8.00. The van der Waals surface area contributed by atoms with Crippen LogP contribution in [-0.4, -0.2) is 15.0 Å². The first kappa shape index (κ1) is 13.7. The summed E-state index contributed by atoms with van der Waals surface area (Å²) in [7, 11) is 0. The Bertz CT molecular complexity index is 999. The molecule has 4 nitrogen and oxygen atoms in total. The number of pyridine rings is 1. The van der Waals surface area contributed by atoms with Crippen molar-refractivity contribution in [2.75, 3.05) is 5.32 Å². The molecule has 3 heterocycles. The predicted octanol–water partition coefficient (Wildman–Crippen LogP) is 5.29. The van der Waals surface area contributed by atoms with Crippen LogP contribution >= 0.6 is 34.5 Å². The van der Waals surface area contributed by atoms with E-state index < -0.39 is 0 Å². The van der Waals surface area contributed by atoms with Gasteiger partial charge in [-0.15, -0.1) is 11.3 Å². The quantitative estimate of drug-likeness (QED) is 0.535. The summed E-state index contributed by atoms with van der Waals surface area (Å²) in [6, 6.07) is 9.29. The van der Waals surface area contributed by atoms with Crippen molar-refractivity contribution in [2.45, 2.75) is 0 Å². The van der Waals surface area contributed by atoms with Crippen LogP contribution in [0, 0.1) is 0 Å². The Hall–Kier alpha value is -1.95. The Labute approximate surface area is 139 Å². The molecule has 0 bridgehead atoms. The van der Waals surface area contributed by atoms with Gasteiger partial charge in [0.05, 0.1) is 20.3 Å². The van der Waals surface area contributed by atoms with Crippen LogP contribution < -0.4 is 5.32 Å². The highest BCUT2D eigenvalue weighted by molar-refractivity contribution is 7.25. The summed E-state index contributed by atoms with van der Waals surface area (Å²) in [5.74, 6) is 0.728. The summed E-state index contributed by atoms with van der Waals surface area (Å²) >= 11 is 13.5. The van der Waals surface area contributed by atoms with E-state index in [0.29, 0.717) is 10.0 Å². The molecule has 0 unspecified atom stereocenters. The maximum Gasteiger partial charge on any atom is 0.151 e. The average molecular weight is 347 g/mol. The second kappa shape index (κ2) is 5.35. The Morgan fingerprint density at radius 1 is 1.00 bits per heavy atom. The molecule has 7 heteroatoms. The molecule has 4 aromatic rings. The van der Waals surface area contributed by atoms with Crippen molar-refractivity contribution in [3.63, 3.8) is 0 Å². The van der Waals surface area contributed by atoms with Gasteiger partial charge in [0, 0.05) is 17.3 Å². The first-order chi connectivity index (χ1) is 10.7. The van der Waals surface area contributed by atoms with Gasteiger partial charge in [-0.1, -0.05) is 23.2 Å². The van der Waals surface area contributed by atoms with Crippen LogP contribution in [-0.2, 0) is 0 Å². The van der Waals surface area contributed by atoms with Gasteiger partial charge in [0.1, 0.15) is 11.2 Å². The number of aromatic nitrogens is 3. The van der Waals surface area contributed by atoms with Crippen LogP contribution in [0.2, 0.25) is 10.0 Å². The second-order valence-corrected chi connectivity index (χ2v) is 6.43. The highest BCUT2D eigenvalue weighted by atomic mass is 35.5. The van der Waals surface area contributed by atoms with Gasteiger partial charge in [-0.25, -0.2) is 15.0 Å². The first-order valence-electron chi connectivity index (χ1n) is 6.43. The van der Waals surface area contributed by atoms with Gasteiger partial charge in [0.25, 0.3) is 0 Å². The lowest BCUT2D eigenvalue weighted by Crippen LogP contribution is -1.94. The monoisotopic (exact) mass is 346 g/mol. The predicted molar refractivity (Wildman–Crippen MR) is 92.5 cm³/mol. The van der Waals surface area contributed by atoms with Crippen LogP contribution in [0.3, 0.4) is 0 Å². The van der Waals surface area contributed by atoms with Crippen LogP contribution in [0.1, 0.15) is 0 Å². The van der Waals surface area contributed by atoms with Gasteiger partial charge in [0.15, 0.2) is 5.82 Å². The van der Waals surface area contributed by atoms with E-state index in [9.17, 15) is 0 Å². The Morgan fingerprint density at radius 2 is 1.91 bits per heavy atom. The van der Waals surface area contributed by atoms with Crippen molar-refractivity contribution in [2.24, 2.45) is 0 Å². The van der Waals surface area contributed by atoms with Gasteiger partial charge in [-0.2, -0.15) is 0 Å². The topological polar surface area (TPSA) is 50.7 Å². The second-order valence-electron chi connectivity index (χ2n) is 4.61. The van der Waals surface area contributed by atoms with Crippen molar-refractivity contribution < 1.29 is 0 Å². The van der Waals surface area contributed by atoms with E-state index in [0.717, 1.165) is 31.9 Å². The third kappa shape index (κ3) is 2.27. The van der Waals surface area contributed by atoms with Gasteiger partial charge >= 0.3 is 0 Å². The average Bonchev–Trinajstić information content (AvgIpc) is 2.91. The zero-order valence-electron chi connectivity index (χ0n) is 11.0. The molecular formula is C15H8Cl2N4S. The maximum atomic E-state index is 6.05. The van der Waals surface area contributed by atoms with E-state index in [1.807, 2.05) is 18.2 Å². The molecule has 3 aromatic heterocycles. The van der Waals surface area contributed by atoms with Crippen LogP contribution in [0.15, 0.2) is 42.9 Å². The smallest absolute Gasteiger partial charge is 0.151 e. The van der Waals surface area contributed by atoms with E-state index >= 15 is 0 Å². The molecule has 22 heavy (non-hydrogen) atoms. The number of halogens is 2. The van der Waals surface area contributed by atoms with Crippen LogP contribution in [0.5, 0.6) is 0 Å². The number of nitrogens with one attached hydrogen (secondary N) is 1. The molecule has 0 amide bonds. The van der Waals surface area contributed by atoms with E-state index in [1.165, 1.54) is 0 Å². The number of thiophene rings is 1. The Morgan fingerprint density at radius 3 is 2.77 bits per heavy atom. The van der Waals surface area contributed by atoms with E-state index in [2.05, 4.69) is 20.3 Å². The highest BCUT2D eigenvalue weighted by Gasteiger charge is 2.12. The molecule has 108 valence electrons. The molecule has 1 N–H and O–H groups in total. The molecule has 1 aromatic carbocycles. The fourth-order valence-electron chi connectivity index (χ4n) is 2.21. The molecule has 0 aliphatic heterocycles. The van der Waals surface area contributed by atoms with Crippen molar-refractivity contribution in [1.82, 2.24) is 15.0 Å². The summed E-state index contributed by atoms with van der Waals surface area (Å²) in [6.45, 7) is 0. The molecule has 4 rings (SSSR count). The molecule has 0 radical (unpaired) electrons. The highest BCUT2D eigenvalue weighted by Crippen LogP contribution is 2.36. The summed E-state index contributed by atoms with van der Waals surface area (Å²) in [6.07, 6.45) is 3.32. The standard InChI is InChI=1S/C15H8Cl2N4S/c16-10-4-3-8(6-11(10)17)21-14-13-12(19-7-20-14)9-2-1-5-18-15(9)22-13/h1-7H,(H,19,20,21). The minimum atomic E-state index is 0.495. The molecule has 0 saturated heterocycles. The van der Waals surface area contributed by atoms with E-state index in [1.54, 1.807) is 36.0 Å². The SMILES string of the molecule is Clc1ccc(Nc2ncnc3c2sc2ncccc23)cc1Cl. The summed E-state index contributed by atoms with van der Waals surface area (Å²) in [5, 5.41) is 5.31. The van der Waals surface area contributed by atoms with Crippen molar-refractivity contribution >= 4 is 66.5 Å². The van der Waals surface area contributed by atoms with Crippen LogP contribution in [0.25, 0.3) is 20.4 Å².